The number of hydrogen-bond acceptors (Lipinski definition) is 6. The summed E-state index contributed by atoms with van der Waals surface area (Å²) in [5, 5.41) is 13.9. The molecule has 0 aromatic heterocycles. The van der Waals surface area contributed by atoms with Gasteiger partial charge in [0.25, 0.3) is 11.8 Å². The summed E-state index contributed by atoms with van der Waals surface area (Å²) in [6.45, 7) is 6.91. The molecule has 0 saturated heterocycles. The molecule has 9 heteroatoms. The van der Waals surface area contributed by atoms with Gasteiger partial charge >= 0.3 is 6.09 Å². The van der Waals surface area contributed by atoms with Gasteiger partial charge in [0.1, 0.15) is 11.6 Å². The molecule has 0 radical (unpaired) electrons. The summed E-state index contributed by atoms with van der Waals surface area (Å²) < 4.78 is 5.22. The Labute approximate surface area is 180 Å². The van der Waals surface area contributed by atoms with Crippen molar-refractivity contribution in [1.82, 2.24) is 10.8 Å². The molecule has 2 aromatic rings. The number of carbonyl (C=O) groups is 3. The Morgan fingerprint density at radius 2 is 1.48 bits per heavy atom. The topological polar surface area (TPSA) is 143 Å². The van der Waals surface area contributed by atoms with Crippen LogP contribution >= 0.6 is 0 Å². The Balaban J connectivity index is 2.05. The highest BCUT2D eigenvalue weighted by atomic mass is 16.6. The van der Waals surface area contributed by atoms with E-state index in [-0.39, 0.29) is 0 Å². The third-order valence-electron chi connectivity index (χ3n) is 4.22. The molecule has 0 unspecified atom stereocenters. The number of hydrogen-bond donors (Lipinski definition) is 5. The first-order valence-corrected chi connectivity index (χ1v) is 9.71. The van der Waals surface area contributed by atoms with E-state index >= 15 is 0 Å². The molecule has 9 nitrogen and oxygen atoms in total. The summed E-state index contributed by atoms with van der Waals surface area (Å²) in [6, 6.07) is 12.2. The molecule has 0 aliphatic rings. The first-order chi connectivity index (χ1) is 14.5. The molecule has 3 amide bonds. The maximum absolute atomic E-state index is 12.4. The molecule has 0 fully saturated rings. The zero-order chi connectivity index (χ0) is 23.2. The van der Waals surface area contributed by atoms with Gasteiger partial charge in [-0.2, -0.15) is 0 Å². The number of benzene rings is 2. The summed E-state index contributed by atoms with van der Waals surface area (Å²) in [6.07, 6.45) is -0.532. The predicted octanol–water partition coefficient (Wildman–Crippen LogP) is 2.65. The van der Waals surface area contributed by atoms with E-state index in [0.29, 0.717) is 11.3 Å². The molecule has 31 heavy (non-hydrogen) atoms. The minimum absolute atomic E-state index is 0.336. The second-order valence-corrected chi connectivity index (χ2v) is 8.07. The highest BCUT2D eigenvalue weighted by Gasteiger charge is 2.24. The number of rotatable bonds is 6. The van der Waals surface area contributed by atoms with Gasteiger partial charge in [0.05, 0.1) is 0 Å². The summed E-state index contributed by atoms with van der Waals surface area (Å²) in [4.78, 5) is 35.9. The first kappa shape index (κ1) is 23.8. The second-order valence-electron chi connectivity index (χ2n) is 8.07. The van der Waals surface area contributed by atoms with Crippen LogP contribution < -0.4 is 21.8 Å². The highest BCUT2D eigenvalue weighted by molar-refractivity contribution is 5.98. The molecule has 2 rings (SSSR count). The summed E-state index contributed by atoms with van der Waals surface area (Å²) in [5.41, 5.74) is 9.28. The van der Waals surface area contributed by atoms with Gasteiger partial charge in [-0.3, -0.25) is 20.1 Å². The van der Waals surface area contributed by atoms with Crippen LogP contribution in [0.25, 0.3) is 11.1 Å². The average Bonchev–Trinajstić information content (AvgIpc) is 2.70. The van der Waals surface area contributed by atoms with Gasteiger partial charge in [0.2, 0.25) is 0 Å². The molecular formula is C22H28N4O5. The standard InChI is InChI=1S/C22H28N4O5/c1-13(23)18(20(28)26-30)25-19(27)16-7-5-14(6-8-16)15-9-11-17(12-10-15)24-21(29)31-22(2,3)4/h5-13,18,30H,23H2,1-4H3,(H,24,29)(H,25,27)(H,26,28)/t13-,18+/m1/s1. The van der Waals surface area contributed by atoms with Crippen LogP contribution in [0.5, 0.6) is 0 Å². The number of hydroxylamine groups is 1. The molecular weight excluding hydrogens is 400 g/mol. The minimum Gasteiger partial charge on any atom is -0.444 e. The van der Waals surface area contributed by atoms with Crippen molar-refractivity contribution in [2.45, 2.75) is 45.4 Å². The van der Waals surface area contributed by atoms with Gasteiger partial charge in [0, 0.05) is 17.3 Å². The Morgan fingerprint density at radius 3 is 1.94 bits per heavy atom. The van der Waals surface area contributed by atoms with Crippen LogP contribution in [0, 0.1) is 0 Å². The van der Waals surface area contributed by atoms with E-state index in [9.17, 15) is 14.4 Å². The van der Waals surface area contributed by atoms with E-state index in [2.05, 4.69) is 10.6 Å². The van der Waals surface area contributed by atoms with E-state index in [0.717, 1.165) is 11.1 Å². The number of amides is 3. The molecule has 0 heterocycles. The average molecular weight is 428 g/mol. The van der Waals surface area contributed by atoms with Crippen molar-refractivity contribution >= 4 is 23.6 Å². The van der Waals surface area contributed by atoms with E-state index in [4.69, 9.17) is 15.7 Å². The van der Waals surface area contributed by atoms with Crippen molar-refractivity contribution in [3.05, 3.63) is 54.1 Å². The maximum atomic E-state index is 12.4. The van der Waals surface area contributed by atoms with Gasteiger partial charge in [0.15, 0.2) is 0 Å². The predicted molar refractivity (Wildman–Crippen MR) is 117 cm³/mol. The van der Waals surface area contributed by atoms with E-state index in [1.807, 2.05) is 12.1 Å². The normalized spacial score (nSPS) is 13.0. The zero-order valence-corrected chi connectivity index (χ0v) is 17.9. The van der Waals surface area contributed by atoms with Gasteiger partial charge in [-0.1, -0.05) is 24.3 Å². The fourth-order valence-corrected chi connectivity index (χ4v) is 2.71. The van der Waals surface area contributed by atoms with Crippen molar-refractivity contribution in [2.75, 3.05) is 5.32 Å². The van der Waals surface area contributed by atoms with Crippen LogP contribution in [0.3, 0.4) is 0 Å². The summed E-state index contributed by atoms with van der Waals surface area (Å²) in [5.74, 6) is -1.28. The van der Waals surface area contributed by atoms with E-state index in [1.165, 1.54) is 5.48 Å². The molecule has 0 bridgehead atoms. The van der Waals surface area contributed by atoms with Crippen LogP contribution in [0.2, 0.25) is 0 Å². The Bertz CT molecular complexity index is 918. The summed E-state index contributed by atoms with van der Waals surface area (Å²) in [7, 11) is 0. The molecule has 2 atom stereocenters. The van der Waals surface area contributed by atoms with Crippen molar-refractivity contribution < 1.29 is 24.3 Å². The van der Waals surface area contributed by atoms with Gasteiger partial charge < -0.3 is 15.8 Å². The number of nitrogens with one attached hydrogen (secondary N) is 3. The van der Waals surface area contributed by atoms with Crippen LogP contribution in [0.15, 0.2) is 48.5 Å². The van der Waals surface area contributed by atoms with Crippen molar-refractivity contribution in [3.63, 3.8) is 0 Å². The number of nitrogens with two attached hydrogens (primary N) is 1. The highest BCUT2D eigenvalue weighted by Crippen LogP contribution is 2.22. The second kappa shape index (κ2) is 10.1. The summed E-state index contributed by atoms with van der Waals surface area (Å²) >= 11 is 0. The Morgan fingerprint density at radius 1 is 0.968 bits per heavy atom. The molecule has 2 aromatic carbocycles. The van der Waals surface area contributed by atoms with Crippen LogP contribution in [0.4, 0.5) is 10.5 Å². The van der Waals surface area contributed by atoms with Crippen LogP contribution in [-0.4, -0.2) is 40.8 Å². The Hall–Kier alpha value is -3.43. The lowest BCUT2D eigenvalue weighted by atomic mass is 10.0. The minimum atomic E-state index is -1.07. The quantitative estimate of drug-likeness (QED) is 0.354. The lowest BCUT2D eigenvalue weighted by Gasteiger charge is -2.20. The fourth-order valence-electron chi connectivity index (χ4n) is 2.71. The van der Waals surface area contributed by atoms with Crippen molar-refractivity contribution in [3.8, 4) is 11.1 Å². The number of ether oxygens (including phenoxy) is 1. The fraction of sp³-hybridized carbons (Fsp3) is 0.318. The molecule has 6 N–H and O–H groups in total. The number of anilines is 1. The number of carbonyl (C=O) groups excluding carboxylic acids is 3. The van der Waals surface area contributed by atoms with E-state index < -0.39 is 35.6 Å². The van der Waals surface area contributed by atoms with Crippen LogP contribution in [0.1, 0.15) is 38.1 Å². The first-order valence-electron chi connectivity index (χ1n) is 9.71. The zero-order valence-electron chi connectivity index (χ0n) is 17.9. The SMILES string of the molecule is C[C@@H](N)[C@H](NC(=O)c1ccc(-c2ccc(NC(=O)OC(C)(C)C)cc2)cc1)C(=O)NO. The Kier molecular flexibility index (Phi) is 7.73. The molecule has 166 valence electrons. The monoisotopic (exact) mass is 428 g/mol. The largest absolute Gasteiger partial charge is 0.444 e. The van der Waals surface area contributed by atoms with E-state index in [1.54, 1.807) is 64.1 Å². The molecule has 0 aliphatic heterocycles. The van der Waals surface area contributed by atoms with Crippen molar-refractivity contribution in [2.24, 2.45) is 5.73 Å². The van der Waals surface area contributed by atoms with Gasteiger partial charge in [-0.05, 0) is 63.1 Å². The molecule has 0 spiro atoms. The third kappa shape index (κ3) is 7.09. The van der Waals surface area contributed by atoms with Crippen molar-refractivity contribution in [1.29, 1.82) is 0 Å². The lowest BCUT2D eigenvalue weighted by Crippen LogP contribution is -2.54. The van der Waals surface area contributed by atoms with Gasteiger partial charge in [-0.25, -0.2) is 10.3 Å². The smallest absolute Gasteiger partial charge is 0.412 e. The van der Waals surface area contributed by atoms with Gasteiger partial charge in [-0.15, -0.1) is 0 Å². The van der Waals surface area contributed by atoms with Crippen LogP contribution in [-0.2, 0) is 9.53 Å². The molecule has 0 saturated carbocycles. The molecule has 0 aliphatic carbocycles. The lowest BCUT2D eigenvalue weighted by molar-refractivity contribution is -0.131. The maximum Gasteiger partial charge on any atom is 0.412 e. The third-order valence-corrected chi connectivity index (χ3v) is 4.22.